The number of aryl methyl sites for hydroxylation is 2. The maximum atomic E-state index is 12.7. The molecule has 6 heteroatoms. The smallest absolute Gasteiger partial charge is 0.251 e. The number of piperidine rings is 1. The van der Waals surface area contributed by atoms with Crippen LogP contribution in [-0.2, 0) is 14.3 Å². The minimum atomic E-state index is -0.409. The van der Waals surface area contributed by atoms with E-state index in [4.69, 9.17) is 9.47 Å². The maximum absolute atomic E-state index is 12.7. The average molecular weight is 335 g/mol. The lowest BCUT2D eigenvalue weighted by molar-refractivity contribution is -0.146. The number of rotatable bonds is 5. The van der Waals surface area contributed by atoms with E-state index in [0.29, 0.717) is 13.2 Å². The van der Waals surface area contributed by atoms with Gasteiger partial charge in [-0.05, 0) is 52.5 Å². The quantitative estimate of drug-likeness (QED) is 0.828. The third-order valence-corrected chi connectivity index (χ3v) is 5.00. The predicted octanol–water partition coefficient (Wildman–Crippen LogP) is 2.25. The number of ether oxygens (including phenoxy) is 2. The van der Waals surface area contributed by atoms with Crippen molar-refractivity contribution in [3.05, 3.63) is 17.5 Å². The van der Waals surface area contributed by atoms with Crippen LogP contribution in [0.15, 0.2) is 6.07 Å². The fourth-order valence-corrected chi connectivity index (χ4v) is 3.73. The van der Waals surface area contributed by atoms with Gasteiger partial charge in [-0.25, -0.2) is 0 Å². The van der Waals surface area contributed by atoms with Crippen molar-refractivity contribution < 1.29 is 14.3 Å². The first-order valence-corrected chi connectivity index (χ1v) is 9.09. The van der Waals surface area contributed by atoms with E-state index in [1.165, 1.54) is 0 Å². The van der Waals surface area contributed by atoms with Crippen LogP contribution in [0.3, 0.4) is 0 Å². The Morgan fingerprint density at radius 2 is 2.25 bits per heavy atom. The molecule has 0 radical (unpaired) electrons. The Bertz CT molecular complexity index is 566. The summed E-state index contributed by atoms with van der Waals surface area (Å²) in [5, 5.41) is 4.59. The fourth-order valence-electron chi connectivity index (χ4n) is 3.73. The van der Waals surface area contributed by atoms with Crippen molar-refractivity contribution >= 4 is 5.91 Å². The Labute approximate surface area is 144 Å². The van der Waals surface area contributed by atoms with E-state index in [1.807, 2.05) is 18.7 Å². The van der Waals surface area contributed by atoms with Crippen molar-refractivity contribution in [1.82, 2.24) is 14.7 Å². The molecule has 3 heterocycles. The number of carbonyl (C=O) groups excluding carboxylic acids is 1. The highest BCUT2D eigenvalue weighted by Gasteiger charge is 2.29. The Morgan fingerprint density at radius 3 is 2.92 bits per heavy atom. The van der Waals surface area contributed by atoms with E-state index in [2.05, 4.69) is 22.8 Å². The van der Waals surface area contributed by atoms with E-state index in [1.54, 1.807) is 0 Å². The van der Waals surface area contributed by atoms with Crippen molar-refractivity contribution in [2.24, 2.45) is 0 Å². The molecule has 0 aromatic carbocycles. The summed E-state index contributed by atoms with van der Waals surface area (Å²) in [5.74, 6) is 0.0826. The second kappa shape index (κ2) is 7.66. The topological polar surface area (TPSA) is 56.6 Å². The molecule has 2 aliphatic heterocycles. The molecule has 0 N–H and O–H groups in total. The number of nitrogens with zero attached hydrogens (tertiary/aromatic N) is 3. The molecule has 1 aromatic rings. The first-order valence-electron chi connectivity index (χ1n) is 9.09. The number of hydrogen-bond acceptors (Lipinski definition) is 4. The summed E-state index contributed by atoms with van der Waals surface area (Å²) in [7, 11) is 0. The largest absolute Gasteiger partial charge is 0.376 e. The van der Waals surface area contributed by atoms with Crippen molar-refractivity contribution in [3.63, 3.8) is 0 Å². The average Bonchev–Trinajstić information content (AvgIpc) is 3.21. The molecule has 24 heavy (non-hydrogen) atoms. The van der Waals surface area contributed by atoms with Gasteiger partial charge in [0.05, 0.1) is 24.4 Å². The van der Waals surface area contributed by atoms with Crippen LogP contribution in [0.4, 0.5) is 0 Å². The summed E-state index contributed by atoms with van der Waals surface area (Å²) < 4.78 is 13.4. The predicted molar refractivity (Wildman–Crippen MR) is 90.9 cm³/mol. The number of amides is 1. The second-order valence-electron chi connectivity index (χ2n) is 7.06. The lowest BCUT2D eigenvalue weighted by Gasteiger charge is -2.35. The Morgan fingerprint density at radius 1 is 1.42 bits per heavy atom. The summed E-state index contributed by atoms with van der Waals surface area (Å²) in [6, 6.07) is 2.36. The summed E-state index contributed by atoms with van der Waals surface area (Å²) in [5.41, 5.74) is 2.19. The van der Waals surface area contributed by atoms with Crippen LogP contribution in [0.25, 0.3) is 0 Å². The number of carbonyl (C=O) groups is 1. The molecule has 134 valence electrons. The molecule has 0 saturated carbocycles. The van der Waals surface area contributed by atoms with Gasteiger partial charge in [0.25, 0.3) is 5.91 Å². The molecule has 2 aliphatic rings. The van der Waals surface area contributed by atoms with Crippen LogP contribution in [0, 0.1) is 13.8 Å². The number of likely N-dealkylation sites (tertiary alicyclic amines) is 1. The molecule has 0 spiro atoms. The molecule has 1 aromatic heterocycles. The fraction of sp³-hybridized carbons (Fsp3) is 0.778. The zero-order valence-electron chi connectivity index (χ0n) is 15.0. The summed E-state index contributed by atoms with van der Waals surface area (Å²) in [4.78, 5) is 14.6. The number of aromatic nitrogens is 2. The Hall–Kier alpha value is -1.40. The van der Waals surface area contributed by atoms with Crippen molar-refractivity contribution in [1.29, 1.82) is 0 Å². The highest BCUT2D eigenvalue weighted by molar-refractivity contribution is 5.80. The molecule has 1 amide bonds. The molecular formula is C18H29N3O3. The van der Waals surface area contributed by atoms with Gasteiger partial charge in [0.1, 0.15) is 6.10 Å². The molecular weight excluding hydrogens is 306 g/mol. The van der Waals surface area contributed by atoms with Gasteiger partial charge in [-0.1, -0.05) is 0 Å². The van der Waals surface area contributed by atoms with Gasteiger partial charge < -0.3 is 14.4 Å². The second-order valence-corrected chi connectivity index (χ2v) is 7.06. The first kappa shape index (κ1) is 17.4. The van der Waals surface area contributed by atoms with Crippen molar-refractivity contribution in [3.8, 4) is 0 Å². The van der Waals surface area contributed by atoms with Crippen LogP contribution in [-0.4, -0.2) is 59.1 Å². The lowest BCUT2D eigenvalue weighted by atomic mass is 10.0. The van der Waals surface area contributed by atoms with Crippen LogP contribution in [0.2, 0.25) is 0 Å². The van der Waals surface area contributed by atoms with Gasteiger partial charge >= 0.3 is 0 Å². The van der Waals surface area contributed by atoms with Gasteiger partial charge in [0.2, 0.25) is 0 Å². The van der Waals surface area contributed by atoms with Gasteiger partial charge in [-0.2, -0.15) is 5.10 Å². The molecule has 3 atom stereocenters. The molecule has 3 rings (SSSR count). The summed E-state index contributed by atoms with van der Waals surface area (Å²) in [6.07, 6.45) is 3.94. The summed E-state index contributed by atoms with van der Waals surface area (Å²) in [6.45, 7) is 8.79. The minimum absolute atomic E-state index is 0.0826. The SMILES string of the molecule is Cc1cc(C)n([C@@H]2CCCN(C(=O)[C@H](C)OC[C@H]3CCCO3)C2)n1. The zero-order chi connectivity index (χ0) is 17.1. The van der Waals surface area contributed by atoms with Crippen LogP contribution < -0.4 is 0 Å². The molecule has 0 aliphatic carbocycles. The minimum Gasteiger partial charge on any atom is -0.376 e. The molecule has 6 nitrogen and oxygen atoms in total. The molecule has 2 saturated heterocycles. The highest BCUT2D eigenvalue weighted by atomic mass is 16.5. The van der Waals surface area contributed by atoms with E-state index >= 15 is 0 Å². The van der Waals surface area contributed by atoms with Gasteiger partial charge in [0.15, 0.2) is 0 Å². The normalized spacial score (nSPS) is 25.9. The first-order chi connectivity index (χ1) is 11.5. The zero-order valence-corrected chi connectivity index (χ0v) is 15.0. The van der Waals surface area contributed by atoms with E-state index in [-0.39, 0.29) is 18.1 Å². The highest BCUT2D eigenvalue weighted by Crippen LogP contribution is 2.24. The Kier molecular flexibility index (Phi) is 5.56. The van der Waals surface area contributed by atoms with Crippen LogP contribution in [0.5, 0.6) is 0 Å². The third kappa shape index (κ3) is 3.98. The molecule has 2 fully saturated rings. The van der Waals surface area contributed by atoms with Gasteiger partial charge in [-0.15, -0.1) is 0 Å². The lowest BCUT2D eigenvalue weighted by Crippen LogP contribution is -2.46. The summed E-state index contributed by atoms with van der Waals surface area (Å²) >= 11 is 0. The standard InChI is InChI=1S/C18H29N3O3/c1-13-10-14(2)21(19-13)16-6-4-8-20(11-16)18(22)15(3)24-12-17-7-5-9-23-17/h10,15-17H,4-9,11-12H2,1-3H3/t15-,16+,17+/m0/s1. The van der Waals surface area contributed by atoms with Gasteiger partial charge in [0, 0.05) is 25.4 Å². The van der Waals surface area contributed by atoms with Crippen molar-refractivity contribution in [2.45, 2.75) is 64.7 Å². The van der Waals surface area contributed by atoms with Crippen LogP contribution >= 0.6 is 0 Å². The molecule has 0 bridgehead atoms. The number of hydrogen-bond donors (Lipinski definition) is 0. The third-order valence-electron chi connectivity index (χ3n) is 5.00. The Balaban J connectivity index is 1.55. The monoisotopic (exact) mass is 335 g/mol. The van der Waals surface area contributed by atoms with E-state index in [9.17, 15) is 4.79 Å². The van der Waals surface area contributed by atoms with Gasteiger partial charge in [-0.3, -0.25) is 9.48 Å². The molecule has 0 unspecified atom stereocenters. The van der Waals surface area contributed by atoms with Crippen molar-refractivity contribution in [2.75, 3.05) is 26.3 Å². The van der Waals surface area contributed by atoms with Crippen LogP contribution in [0.1, 0.15) is 50.0 Å². The van der Waals surface area contributed by atoms with E-state index in [0.717, 1.165) is 50.2 Å². The maximum Gasteiger partial charge on any atom is 0.251 e. The van der Waals surface area contributed by atoms with E-state index < -0.39 is 6.10 Å².